The molecule has 0 bridgehead atoms. The van der Waals surface area contributed by atoms with Gasteiger partial charge in [-0.05, 0) is 60.4 Å². The number of aliphatic hydroxyl groups is 1. The van der Waals surface area contributed by atoms with Crippen molar-refractivity contribution in [2.75, 3.05) is 27.4 Å². The maximum absolute atomic E-state index is 13.6. The van der Waals surface area contributed by atoms with E-state index in [0.717, 1.165) is 24.5 Å². The van der Waals surface area contributed by atoms with Crippen molar-refractivity contribution in [3.05, 3.63) is 71.8 Å². The Morgan fingerprint density at radius 3 is 1.79 bits per heavy atom. The number of carbonyl (C=O) groups excluding carboxylic acids is 3. The molecule has 0 aliphatic carbocycles. The van der Waals surface area contributed by atoms with E-state index in [9.17, 15) is 19.5 Å². The molecule has 39 heavy (non-hydrogen) atoms. The first-order chi connectivity index (χ1) is 18.8. The van der Waals surface area contributed by atoms with E-state index in [1.54, 1.807) is 68.8 Å². The molecule has 1 N–H and O–H groups in total. The van der Waals surface area contributed by atoms with Crippen LogP contribution in [-0.2, 0) is 23.9 Å². The molecule has 2 unspecified atom stereocenters. The number of ether oxygens (including phenoxy) is 4. The molecular formula is C31H38O8. The van der Waals surface area contributed by atoms with Crippen molar-refractivity contribution >= 4 is 29.9 Å². The summed E-state index contributed by atoms with van der Waals surface area (Å²) in [6.45, 7) is 2.43. The van der Waals surface area contributed by atoms with E-state index in [1.807, 2.05) is 13.8 Å². The molecular weight excluding hydrogens is 500 g/mol. The van der Waals surface area contributed by atoms with Gasteiger partial charge in [0, 0.05) is 18.1 Å². The number of ketones is 1. The molecule has 0 saturated carbocycles. The van der Waals surface area contributed by atoms with Gasteiger partial charge in [-0.3, -0.25) is 4.79 Å². The van der Waals surface area contributed by atoms with Gasteiger partial charge in [-0.2, -0.15) is 0 Å². The van der Waals surface area contributed by atoms with Crippen LogP contribution in [0.25, 0.3) is 12.2 Å². The third kappa shape index (κ3) is 9.72. The van der Waals surface area contributed by atoms with Crippen molar-refractivity contribution in [1.29, 1.82) is 0 Å². The van der Waals surface area contributed by atoms with Crippen LogP contribution in [0.4, 0.5) is 0 Å². The lowest BCUT2D eigenvalue weighted by Crippen LogP contribution is -2.53. The fraction of sp³-hybridized carbons (Fsp3) is 0.387. The van der Waals surface area contributed by atoms with Crippen molar-refractivity contribution in [3.63, 3.8) is 0 Å². The summed E-state index contributed by atoms with van der Waals surface area (Å²) in [4.78, 5) is 38.9. The first kappa shape index (κ1) is 31.3. The predicted molar refractivity (Wildman–Crippen MR) is 149 cm³/mol. The van der Waals surface area contributed by atoms with Crippen molar-refractivity contribution in [2.45, 2.75) is 45.1 Å². The zero-order chi connectivity index (χ0) is 28.7. The van der Waals surface area contributed by atoms with Crippen LogP contribution >= 0.6 is 0 Å². The van der Waals surface area contributed by atoms with Crippen molar-refractivity contribution in [3.8, 4) is 11.5 Å². The molecule has 0 saturated heterocycles. The molecule has 2 aromatic rings. The van der Waals surface area contributed by atoms with Crippen LogP contribution in [0.5, 0.6) is 11.5 Å². The standard InChI is InChI=1S/C31H38O8/c1-5-7-8-25(6-2)30(35)31(21-32,39-29(34)20-14-24-11-17-27(37-4)18-12-24)22-38-28(33)19-13-23-9-15-26(36-3)16-10-23/h9-20,25,32H,5-8,21-22H2,1-4H3. The Morgan fingerprint density at radius 2 is 1.36 bits per heavy atom. The summed E-state index contributed by atoms with van der Waals surface area (Å²) >= 11 is 0. The van der Waals surface area contributed by atoms with E-state index in [-0.39, 0.29) is 0 Å². The summed E-state index contributed by atoms with van der Waals surface area (Å²) in [5.74, 6) is -1.19. The second-order valence-corrected chi connectivity index (χ2v) is 9.01. The quantitative estimate of drug-likeness (QED) is 0.234. The molecule has 2 aromatic carbocycles. The van der Waals surface area contributed by atoms with Crippen LogP contribution in [0.3, 0.4) is 0 Å². The molecule has 0 fully saturated rings. The first-order valence-electron chi connectivity index (χ1n) is 13.0. The van der Waals surface area contributed by atoms with Crippen LogP contribution in [0.2, 0.25) is 0 Å². The van der Waals surface area contributed by atoms with Crippen LogP contribution in [0.1, 0.15) is 50.7 Å². The van der Waals surface area contributed by atoms with Crippen LogP contribution in [-0.4, -0.2) is 55.9 Å². The lowest BCUT2D eigenvalue weighted by molar-refractivity contribution is -0.180. The number of unbranched alkanes of at least 4 members (excludes halogenated alkanes) is 1. The average molecular weight is 539 g/mol. The van der Waals surface area contributed by atoms with Crippen molar-refractivity contribution in [2.24, 2.45) is 5.92 Å². The lowest BCUT2D eigenvalue weighted by Gasteiger charge is -2.32. The molecule has 2 rings (SSSR count). The highest BCUT2D eigenvalue weighted by atomic mass is 16.6. The highest BCUT2D eigenvalue weighted by Gasteiger charge is 2.45. The number of hydrogen-bond donors (Lipinski definition) is 1. The largest absolute Gasteiger partial charge is 0.497 e. The minimum atomic E-state index is -2.03. The van der Waals surface area contributed by atoms with Gasteiger partial charge in [-0.1, -0.05) is 51.0 Å². The van der Waals surface area contributed by atoms with Gasteiger partial charge < -0.3 is 24.1 Å². The fourth-order valence-corrected chi connectivity index (χ4v) is 3.87. The normalized spacial score (nSPS) is 13.6. The van der Waals surface area contributed by atoms with E-state index < -0.39 is 42.5 Å². The number of esters is 2. The van der Waals surface area contributed by atoms with Gasteiger partial charge in [0.05, 0.1) is 20.8 Å². The summed E-state index contributed by atoms with van der Waals surface area (Å²) in [7, 11) is 3.11. The van der Waals surface area contributed by atoms with Crippen molar-refractivity contribution in [1.82, 2.24) is 0 Å². The zero-order valence-corrected chi connectivity index (χ0v) is 23.1. The summed E-state index contributed by atoms with van der Waals surface area (Å²) in [5.41, 5.74) is -0.588. The third-order valence-electron chi connectivity index (χ3n) is 6.27. The monoisotopic (exact) mass is 538 g/mol. The Labute approximate surface area is 230 Å². The summed E-state index contributed by atoms with van der Waals surface area (Å²) < 4.78 is 21.1. The summed E-state index contributed by atoms with van der Waals surface area (Å²) in [5, 5.41) is 10.3. The van der Waals surface area contributed by atoms with E-state index in [4.69, 9.17) is 18.9 Å². The Balaban J connectivity index is 2.21. The van der Waals surface area contributed by atoms with E-state index in [1.165, 1.54) is 12.2 Å². The number of methoxy groups -OCH3 is 2. The Morgan fingerprint density at radius 1 is 0.846 bits per heavy atom. The van der Waals surface area contributed by atoms with Gasteiger partial charge in [0.1, 0.15) is 18.1 Å². The van der Waals surface area contributed by atoms with Gasteiger partial charge in [0.2, 0.25) is 5.60 Å². The first-order valence-corrected chi connectivity index (χ1v) is 13.0. The minimum Gasteiger partial charge on any atom is -0.497 e. The number of rotatable bonds is 16. The number of benzene rings is 2. The van der Waals surface area contributed by atoms with E-state index >= 15 is 0 Å². The second-order valence-electron chi connectivity index (χ2n) is 9.01. The lowest BCUT2D eigenvalue weighted by atomic mass is 9.84. The van der Waals surface area contributed by atoms with Gasteiger partial charge in [0.25, 0.3) is 0 Å². The molecule has 0 aromatic heterocycles. The molecule has 0 spiro atoms. The number of aliphatic hydroxyl groups excluding tert-OH is 1. The zero-order valence-electron chi connectivity index (χ0n) is 23.1. The second kappa shape index (κ2) is 16.1. The Hall–Kier alpha value is -3.91. The number of carbonyl (C=O) groups is 3. The molecule has 8 heteroatoms. The van der Waals surface area contributed by atoms with Gasteiger partial charge in [-0.25, -0.2) is 9.59 Å². The molecule has 2 atom stereocenters. The molecule has 0 amide bonds. The fourth-order valence-electron chi connectivity index (χ4n) is 3.87. The maximum Gasteiger partial charge on any atom is 0.331 e. The van der Waals surface area contributed by atoms with Crippen LogP contribution < -0.4 is 9.47 Å². The molecule has 0 radical (unpaired) electrons. The minimum absolute atomic E-state index is 0.469. The third-order valence-corrected chi connectivity index (χ3v) is 6.27. The molecule has 0 aliphatic rings. The molecule has 0 heterocycles. The van der Waals surface area contributed by atoms with Crippen LogP contribution in [0, 0.1) is 5.92 Å². The average Bonchev–Trinajstić information content (AvgIpc) is 2.97. The Kier molecular flexibility index (Phi) is 13.0. The SMILES string of the molecule is CCCCC(CC)C(=O)C(CO)(COC(=O)C=Cc1ccc(OC)cc1)OC(=O)C=Cc1ccc(OC)cc1. The van der Waals surface area contributed by atoms with Gasteiger partial charge >= 0.3 is 11.9 Å². The predicted octanol–water partition coefficient (Wildman–Crippen LogP) is 5.03. The van der Waals surface area contributed by atoms with E-state index in [0.29, 0.717) is 29.9 Å². The summed E-state index contributed by atoms with van der Waals surface area (Å²) in [6.07, 6.45) is 8.17. The smallest absolute Gasteiger partial charge is 0.331 e. The molecule has 0 aliphatic heterocycles. The molecule has 210 valence electrons. The molecule has 8 nitrogen and oxygen atoms in total. The van der Waals surface area contributed by atoms with Gasteiger partial charge in [0.15, 0.2) is 5.78 Å². The summed E-state index contributed by atoms with van der Waals surface area (Å²) in [6, 6.07) is 14.0. The van der Waals surface area contributed by atoms with Crippen LogP contribution in [0.15, 0.2) is 60.7 Å². The highest BCUT2D eigenvalue weighted by molar-refractivity contribution is 5.95. The maximum atomic E-state index is 13.6. The highest BCUT2D eigenvalue weighted by Crippen LogP contribution is 2.25. The number of hydrogen-bond acceptors (Lipinski definition) is 8. The van der Waals surface area contributed by atoms with Crippen molar-refractivity contribution < 1.29 is 38.4 Å². The Bertz CT molecular complexity index is 1120. The van der Waals surface area contributed by atoms with Gasteiger partial charge in [-0.15, -0.1) is 0 Å². The topological polar surface area (TPSA) is 108 Å². The van der Waals surface area contributed by atoms with E-state index in [2.05, 4.69) is 0 Å². The number of Topliss-reactive ketones (excluding diaryl/α,β-unsaturated/α-hetero) is 1.